The van der Waals surface area contributed by atoms with Gasteiger partial charge in [-0.05, 0) is 19.4 Å². The fraction of sp³-hybridized carbons (Fsp3) is 0.333. The molecule has 0 atom stereocenters. The number of benzene rings is 1. The molecule has 0 unspecified atom stereocenters. The Morgan fingerprint density at radius 2 is 2.06 bits per heavy atom. The molecule has 0 aliphatic rings. The van der Waals surface area contributed by atoms with Gasteiger partial charge in [0.25, 0.3) is 5.69 Å². The molecule has 96 valence electrons. The van der Waals surface area contributed by atoms with Crippen molar-refractivity contribution in [3.8, 4) is 0 Å². The first-order valence-corrected chi connectivity index (χ1v) is 5.40. The number of Topliss-reactive ketones (excluding diaryl/α,β-unsaturated/α-hetero) is 1. The number of carbonyl (C=O) groups is 2. The first-order valence-electron chi connectivity index (χ1n) is 5.40. The van der Waals surface area contributed by atoms with Crippen molar-refractivity contribution in [1.82, 2.24) is 0 Å². The average Bonchev–Trinajstić information content (AvgIpc) is 2.28. The second-order valence-corrected chi connectivity index (χ2v) is 3.67. The van der Waals surface area contributed by atoms with Crippen LogP contribution in [0.5, 0.6) is 0 Å². The number of ketones is 1. The molecule has 0 bridgehead atoms. The van der Waals surface area contributed by atoms with Crippen molar-refractivity contribution in [3.63, 3.8) is 0 Å². The number of hydrogen-bond acceptors (Lipinski definition) is 5. The van der Waals surface area contributed by atoms with Crippen LogP contribution in [-0.4, -0.2) is 23.3 Å². The highest BCUT2D eigenvalue weighted by molar-refractivity contribution is 5.97. The topological polar surface area (TPSA) is 86.5 Å². The fourth-order valence-corrected chi connectivity index (χ4v) is 1.59. The SMILES string of the molecule is CCOC(=O)c1c(CC(C)=O)cccc1[N+](=O)[O-]. The molecule has 1 aromatic carbocycles. The molecule has 0 amide bonds. The van der Waals surface area contributed by atoms with E-state index in [2.05, 4.69) is 0 Å². The van der Waals surface area contributed by atoms with Gasteiger partial charge in [0, 0.05) is 12.5 Å². The van der Waals surface area contributed by atoms with E-state index < -0.39 is 10.9 Å². The number of rotatable bonds is 5. The van der Waals surface area contributed by atoms with E-state index in [1.54, 1.807) is 6.92 Å². The van der Waals surface area contributed by atoms with Gasteiger partial charge in [-0.1, -0.05) is 12.1 Å². The molecule has 0 radical (unpaired) electrons. The predicted octanol–water partition coefficient (Wildman–Crippen LogP) is 1.90. The van der Waals surface area contributed by atoms with Crippen molar-refractivity contribution in [3.05, 3.63) is 39.4 Å². The van der Waals surface area contributed by atoms with Gasteiger partial charge in [0.2, 0.25) is 0 Å². The van der Waals surface area contributed by atoms with E-state index in [-0.39, 0.29) is 30.1 Å². The first kappa shape index (κ1) is 13.8. The summed E-state index contributed by atoms with van der Waals surface area (Å²) in [6.07, 6.45) is -0.0319. The number of esters is 1. The summed E-state index contributed by atoms with van der Waals surface area (Å²) in [5, 5.41) is 10.9. The molecule has 0 fully saturated rings. The zero-order valence-corrected chi connectivity index (χ0v) is 10.1. The van der Waals surface area contributed by atoms with Crippen LogP contribution in [0.4, 0.5) is 5.69 Å². The maximum absolute atomic E-state index is 11.7. The summed E-state index contributed by atoms with van der Waals surface area (Å²) < 4.78 is 4.79. The van der Waals surface area contributed by atoms with Crippen molar-refractivity contribution >= 4 is 17.4 Å². The molecule has 1 aromatic rings. The Morgan fingerprint density at radius 1 is 1.39 bits per heavy atom. The summed E-state index contributed by atoms with van der Waals surface area (Å²) in [5.41, 5.74) is -0.165. The van der Waals surface area contributed by atoms with Crippen LogP contribution in [0.2, 0.25) is 0 Å². The minimum atomic E-state index is -0.777. The molecular weight excluding hydrogens is 238 g/mol. The smallest absolute Gasteiger partial charge is 0.345 e. The maximum atomic E-state index is 11.7. The molecule has 6 nitrogen and oxygen atoms in total. The highest BCUT2D eigenvalue weighted by atomic mass is 16.6. The largest absolute Gasteiger partial charge is 0.462 e. The third-order valence-electron chi connectivity index (χ3n) is 2.24. The Balaban J connectivity index is 3.33. The molecular formula is C12H13NO5. The summed E-state index contributed by atoms with van der Waals surface area (Å²) in [6, 6.07) is 4.18. The summed E-state index contributed by atoms with van der Waals surface area (Å²) in [7, 11) is 0. The van der Waals surface area contributed by atoms with Crippen LogP contribution in [0.25, 0.3) is 0 Å². The van der Waals surface area contributed by atoms with Gasteiger partial charge in [0.05, 0.1) is 11.5 Å². The van der Waals surface area contributed by atoms with E-state index in [4.69, 9.17) is 4.74 Å². The van der Waals surface area contributed by atoms with E-state index in [0.717, 1.165) is 0 Å². The normalized spacial score (nSPS) is 9.89. The quantitative estimate of drug-likeness (QED) is 0.453. The van der Waals surface area contributed by atoms with Crippen LogP contribution in [0, 0.1) is 10.1 Å². The van der Waals surface area contributed by atoms with Gasteiger partial charge in [0.15, 0.2) is 0 Å². The second-order valence-electron chi connectivity index (χ2n) is 3.67. The zero-order valence-electron chi connectivity index (χ0n) is 10.1. The van der Waals surface area contributed by atoms with Crippen molar-refractivity contribution in [1.29, 1.82) is 0 Å². The first-order chi connectivity index (χ1) is 8.47. The Hall–Kier alpha value is -2.24. The predicted molar refractivity (Wildman–Crippen MR) is 63.4 cm³/mol. The van der Waals surface area contributed by atoms with Crippen LogP contribution in [0.3, 0.4) is 0 Å². The lowest BCUT2D eigenvalue weighted by atomic mass is 10.0. The van der Waals surface area contributed by atoms with E-state index >= 15 is 0 Å². The molecule has 0 aliphatic heterocycles. The van der Waals surface area contributed by atoms with Gasteiger partial charge in [0.1, 0.15) is 11.3 Å². The third-order valence-corrected chi connectivity index (χ3v) is 2.24. The van der Waals surface area contributed by atoms with Gasteiger partial charge in [-0.2, -0.15) is 0 Å². The summed E-state index contributed by atoms with van der Waals surface area (Å²) in [6.45, 7) is 3.08. The lowest BCUT2D eigenvalue weighted by molar-refractivity contribution is -0.385. The Bertz CT molecular complexity index is 495. The molecule has 0 saturated heterocycles. The van der Waals surface area contributed by atoms with Gasteiger partial charge < -0.3 is 4.74 Å². The monoisotopic (exact) mass is 251 g/mol. The Kier molecular flexibility index (Phi) is 4.53. The van der Waals surface area contributed by atoms with Crippen molar-refractivity contribution in [2.24, 2.45) is 0 Å². The van der Waals surface area contributed by atoms with Gasteiger partial charge in [-0.15, -0.1) is 0 Å². The minimum Gasteiger partial charge on any atom is -0.462 e. The molecule has 0 aromatic heterocycles. The van der Waals surface area contributed by atoms with Crippen LogP contribution in [-0.2, 0) is 16.0 Å². The molecule has 18 heavy (non-hydrogen) atoms. The van der Waals surface area contributed by atoms with E-state index in [0.29, 0.717) is 5.56 Å². The average molecular weight is 251 g/mol. The molecule has 0 N–H and O–H groups in total. The van der Waals surface area contributed by atoms with Crippen LogP contribution in [0.1, 0.15) is 29.8 Å². The van der Waals surface area contributed by atoms with Gasteiger partial charge >= 0.3 is 5.97 Å². The lowest BCUT2D eigenvalue weighted by Gasteiger charge is -2.07. The standard InChI is InChI=1S/C12H13NO5/c1-3-18-12(15)11-9(7-8(2)14)5-4-6-10(11)13(16)17/h4-6H,3,7H2,1-2H3. The summed E-state index contributed by atoms with van der Waals surface area (Å²) in [5.74, 6) is -0.956. The lowest BCUT2D eigenvalue weighted by Crippen LogP contribution is -2.13. The molecule has 0 spiro atoms. The molecule has 0 aliphatic carbocycles. The number of nitro benzene ring substituents is 1. The summed E-state index contributed by atoms with van der Waals surface area (Å²) in [4.78, 5) is 33.1. The molecule has 1 rings (SSSR count). The van der Waals surface area contributed by atoms with Crippen LogP contribution in [0.15, 0.2) is 18.2 Å². The van der Waals surface area contributed by atoms with Crippen LogP contribution < -0.4 is 0 Å². The zero-order chi connectivity index (χ0) is 13.7. The van der Waals surface area contributed by atoms with E-state index in [9.17, 15) is 19.7 Å². The van der Waals surface area contributed by atoms with Crippen molar-refractivity contribution < 1.29 is 19.2 Å². The minimum absolute atomic E-state index is 0.0319. The maximum Gasteiger partial charge on any atom is 0.345 e. The Morgan fingerprint density at radius 3 is 2.56 bits per heavy atom. The van der Waals surface area contributed by atoms with Crippen molar-refractivity contribution in [2.75, 3.05) is 6.61 Å². The highest BCUT2D eigenvalue weighted by Crippen LogP contribution is 2.24. The Labute approximate surface area is 104 Å². The van der Waals surface area contributed by atoms with E-state index in [1.807, 2.05) is 0 Å². The number of ether oxygens (including phenoxy) is 1. The van der Waals surface area contributed by atoms with Gasteiger partial charge in [-0.25, -0.2) is 4.79 Å². The van der Waals surface area contributed by atoms with Crippen LogP contribution >= 0.6 is 0 Å². The molecule has 6 heteroatoms. The highest BCUT2D eigenvalue weighted by Gasteiger charge is 2.25. The molecule has 0 saturated carbocycles. The van der Waals surface area contributed by atoms with Gasteiger partial charge in [-0.3, -0.25) is 14.9 Å². The number of nitrogens with zero attached hydrogens (tertiary/aromatic N) is 1. The fourth-order valence-electron chi connectivity index (χ4n) is 1.59. The summed E-state index contributed by atoms with van der Waals surface area (Å²) >= 11 is 0. The van der Waals surface area contributed by atoms with Crippen molar-refractivity contribution in [2.45, 2.75) is 20.3 Å². The second kappa shape index (κ2) is 5.90. The number of hydrogen-bond donors (Lipinski definition) is 0. The van der Waals surface area contributed by atoms with E-state index in [1.165, 1.54) is 25.1 Å². The number of carbonyl (C=O) groups excluding carboxylic acids is 2. The third kappa shape index (κ3) is 3.13. The molecule has 0 heterocycles. The number of nitro groups is 1.